The molecule has 16 heavy (non-hydrogen) atoms. The Morgan fingerprint density at radius 2 is 2.38 bits per heavy atom. The van der Waals surface area contributed by atoms with Crippen molar-refractivity contribution < 1.29 is 0 Å². The average molecular weight is 252 g/mol. The number of hydrogen-bond acceptors (Lipinski definition) is 3. The van der Waals surface area contributed by atoms with E-state index in [1.165, 1.54) is 0 Å². The summed E-state index contributed by atoms with van der Waals surface area (Å²) in [5.74, 6) is 0. The molecule has 0 saturated heterocycles. The zero-order valence-electron chi connectivity index (χ0n) is 8.90. The quantitative estimate of drug-likeness (QED) is 0.853. The van der Waals surface area contributed by atoms with Gasteiger partial charge in [0.05, 0.1) is 5.69 Å². The van der Waals surface area contributed by atoms with Crippen LogP contribution in [0.25, 0.3) is 11.3 Å². The van der Waals surface area contributed by atoms with E-state index >= 15 is 0 Å². The van der Waals surface area contributed by atoms with Crippen LogP contribution in [0, 0.1) is 4.64 Å². The summed E-state index contributed by atoms with van der Waals surface area (Å²) in [6.45, 7) is 2.75. The molecule has 0 bridgehead atoms. The fourth-order valence-electron chi connectivity index (χ4n) is 1.62. The van der Waals surface area contributed by atoms with Crippen molar-refractivity contribution in [2.45, 2.75) is 19.9 Å². The Balaban J connectivity index is 2.67. The van der Waals surface area contributed by atoms with Crippen LogP contribution in [-0.2, 0) is 6.54 Å². The molecule has 5 heteroatoms. The van der Waals surface area contributed by atoms with Gasteiger partial charge in [0.1, 0.15) is 4.64 Å². The van der Waals surface area contributed by atoms with Crippen LogP contribution in [0.3, 0.4) is 0 Å². The van der Waals surface area contributed by atoms with Gasteiger partial charge in [0, 0.05) is 17.5 Å². The number of aromatic amines is 1. The smallest absolute Gasteiger partial charge is 0.298 e. The lowest BCUT2D eigenvalue weighted by Gasteiger charge is -2.09. The molecule has 0 aliphatic carbocycles. The molecule has 0 radical (unpaired) electrons. The van der Waals surface area contributed by atoms with Crippen molar-refractivity contribution in [3.8, 4) is 11.3 Å². The van der Waals surface area contributed by atoms with Gasteiger partial charge in [0.25, 0.3) is 0 Å². The Labute approximate surface area is 102 Å². The second kappa shape index (κ2) is 4.76. The van der Waals surface area contributed by atoms with E-state index in [4.69, 9.17) is 12.2 Å². The van der Waals surface area contributed by atoms with Crippen LogP contribution < -0.4 is 5.69 Å². The van der Waals surface area contributed by atoms with E-state index in [1.807, 2.05) is 29.8 Å². The monoisotopic (exact) mass is 252 g/mol. The highest BCUT2D eigenvalue weighted by Crippen LogP contribution is 2.20. The van der Waals surface area contributed by atoms with E-state index in [1.54, 1.807) is 15.9 Å². The maximum absolute atomic E-state index is 11.8. The summed E-state index contributed by atoms with van der Waals surface area (Å²) in [5.41, 5.74) is 1.82. The first-order valence-electron chi connectivity index (χ1n) is 5.09. The van der Waals surface area contributed by atoms with E-state index in [0.717, 1.165) is 17.7 Å². The van der Waals surface area contributed by atoms with Gasteiger partial charge < -0.3 is 0 Å². The van der Waals surface area contributed by atoms with Crippen LogP contribution in [0.4, 0.5) is 0 Å². The van der Waals surface area contributed by atoms with Gasteiger partial charge in [-0.3, -0.25) is 9.55 Å². The lowest BCUT2D eigenvalue weighted by Crippen LogP contribution is -2.24. The molecule has 3 nitrogen and oxygen atoms in total. The SMILES string of the molecule is CCCn1c(-c2ccsc2)cc(=S)[nH]c1=O. The van der Waals surface area contributed by atoms with Gasteiger partial charge in [0.15, 0.2) is 0 Å². The van der Waals surface area contributed by atoms with Crippen molar-refractivity contribution in [1.29, 1.82) is 0 Å². The number of aromatic nitrogens is 2. The average Bonchev–Trinajstić information content (AvgIpc) is 2.75. The maximum Gasteiger partial charge on any atom is 0.326 e. The zero-order chi connectivity index (χ0) is 11.5. The molecule has 0 atom stereocenters. The van der Waals surface area contributed by atoms with E-state index in [9.17, 15) is 4.79 Å². The standard InChI is InChI=1S/C11H12N2OS2/c1-2-4-13-9(8-3-5-16-7-8)6-10(15)12-11(13)14/h3,5-7H,2,4H2,1H3,(H,12,14,15). The molecule has 2 aromatic heterocycles. The molecule has 0 aliphatic heterocycles. The number of nitrogens with one attached hydrogen (secondary N) is 1. The molecule has 0 fully saturated rings. The number of H-pyrrole nitrogens is 1. The summed E-state index contributed by atoms with van der Waals surface area (Å²) in [4.78, 5) is 14.4. The van der Waals surface area contributed by atoms with Crippen LogP contribution in [0.2, 0.25) is 0 Å². The van der Waals surface area contributed by atoms with Crippen LogP contribution in [0.5, 0.6) is 0 Å². The second-order valence-corrected chi connectivity index (χ2v) is 4.71. The summed E-state index contributed by atoms with van der Waals surface area (Å²) >= 11 is 6.65. The van der Waals surface area contributed by atoms with Gasteiger partial charge in [-0.2, -0.15) is 11.3 Å². The van der Waals surface area contributed by atoms with Gasteiger partial charge in [-0.15, -0.1) is 0 Å². The zero-order valence-corrected chi connectivity index (χ0v) is 10.5. The minimum absolute atomic E-state index is 0.129. The highest BCUT2D eigenvalue weighted by Gasteiger charge is 2.06. The number of hydrogen-bond donors (Lipinski definition) is 1. The molecule has 0 saturated carbocycles. The van der Waals surface area contributed by atoms with E-state index in [2.05, 4.69) is 4.98 Å². The Bertz CT molecular complexity index is 581. The van der Waals surface area contributed by atoms with Crippen LogP contribution in [0.15, 0.2) is 27.7 Å². The third-order valence-corrected chi connectivity index (χ3v) is 3.20. The summed E-state index contributed by atoms with van der Waals surface area (Å²) in [6, 6.07) is 3.84. The Morgan fingerprint density at radius 1 is 1.56 bits per heavy atom. The van der Waals surface area contributed by atoms with Gasteiger partial charge in [-0.05, 0) is 23.9 Å². The predicted octanol–water partition coefficient (Wildman–Crippen LogP) is 3.04. The van der Waals surface area contributed by atoms with Crippen molar-refractivity contribution >= 4 is 23.6 Å². The minimum Gasteiger partial charge on any atom is -0.298 e. The molecule has 1 N–H and O–H groups in total. The third-order valence-electron chi connectivity index (χ3n) is 2.30. The summed E-state index contributed by atoms with van der Waals surface area (Å²) in [7, 11) is 0. The number of nitrogens with zero attached hydrogens (tertiary/aromatic N) is 1. The van der Waals surface area contributed by atoms with E-state index in [0.29, 0.717) is 11.2 Å². The van der Waals surface area contributed by atoms with Gasteiger partial charge in [-0.1, -0.05) is 19.1 Å². The van der Waals surface area contributed by atoms with Crippen LogP contribution in [-0.4, -0.2) is 9.55 Å². The first kappa shape index (κ1) is 11.3. The molecular formula is C11H12N2OS2. The van der Waals surface area contributed by atoms with Crippen LogP contribution in [0.1, 0.15) is 13.3 Å². The molecule has 0 unspecified atom stereocenters. The van der Waals surface area contributed by atoms with Gasteiger partial charge in [0.2, 0.25) is 0 Å². The van der Waals surface area contributed by atoms with Crippen molar-refractivity contribution in [1.82, 2.24) is 9.55 Å². The fourth-order valence-corrected chi connectivity index (χ4v) is 2.46. The van der Waals surface area contributed by atoms with Gasteiger partial charge in [-0.25, -0.2) is 4.79 Å². The molecule has 2 heterocycles. The highest BCUT2D eigenvalue weighted by atomic mass is 32.1. The Morgan fingerprint density at radius 3 is 3.00 bits per heavy atom. The maximum atomic E-state index is 11.8. The molecule has 84 valence electrons. The predicted molar refractivity (Wildman–Crippen MR) is 69.5 cm³/mol. The summed E-state index contributed by atoms with van der Waals surface area (Å²) in [6.07, 6.45) is 0.918. The normalized spacial score (nSPS) is 10.6. The molecule has 0 aliphatic rings. The molecule has 0 amide bonds. The first-order chi connectivity index (χ1) is 7.72. The first-order valence-corrected chi connectivity index (χ1v) is 6.44. The number of rotatable bonds is 3. The lowest BCUT2D eigenvalue weighted by atomic mass is 10.2. The van der Waals surface area contributed by atoms with Gasteiger partial charge >= 0.3 is 5.69 Å². The largest absolute Gasteiger partial charge is 0.326 e. The summed E-state index contributed by atoms with van der Waals surface area (Å²) in [5, 5.41) is 4.02. The molecule has 0 spiro atoms. The second-order valence-electron chi connectivity index (χ2n) is 3.49. The third kappa shape index (κ3) is 2.15. The fraction of sp³-hybridized carbons (Fsp3) is 0.273. The lowest BCUT2D eigenvalue weighted by molar-refractivity contribution is 0.641. The minimum atomic E-state index is -0.129. The van der Waals surface area contributed by atoms with Crippen molar-refractivity contribution in [3.63, 3.8) is 0 Å². The van der Waals surface area contributed by atoms with Crippen molar-refractivity contribution in [2.24, 2.45) is 0 Å². The number of thiophene rings is 1. The molecule has 0 aromatic carbocycles. The van der Waals surface area contributed by atoms with E-state index < -0.39 is 0 Å². The molecular weight excluding hydrogens is 240 g/mol. The highest BCUT2D eigenvalue weighted by molar-refractivity contribution is 7.71. The Hall–Kier alpha value is -1.20. The van der Waals surface area contributed by atoms with Crippen molar-refractivity contribution in [3.05, 3.63) is 38.0 Å². The molecule has 2 aromatic rings. The Kier molecular flexibility index (Phi) is 3.36. The molecule has 2 rings (SSSR count). The summed E-state index contributed by atoms with van der Waals surface area (Å²) < 4.78 is 2.22. The topological polar surface area (TPSA) is 37.8 Å². The van der Waals surface area contributed by atoms with Crippen LogP contribution >= 0.6 is 23.6 Å². The van der Waals surface area contributed by atoms with Crippen molar-refractivity contribution in [2.75, 3.05) is 0 Å². The van der Waals surface area contributed by atoms with E-state index in [-0.39, 0.29) is 5.69 Å².